The summed E-state index contributed by atoms with van der Waals surface area (Å²) in [5, 5.41) is 9.62. The number of aliphatic carboxylic acids is 1. The van der Waals surface area contributed by atoms with Gasteiger partial charge in [-0.15, -0.1) is 0 Å². The number of aromatic nitrogens is 1. The lowest BCUT2D eigenvalue weighted by molar-refractivity contribution is -0.142. The number of hydrogen-bond donors (Lipinski definition) is 1. The first-order valence-electron chi connectivity index (χ1n) is 8.66. The Labute approximate surface area is 148 Å². The van der Waals surface area contributed by atoms with Crippen LogP contribution < -0.4 is 4.90 Å². The number of likely N-dealkylation sites (tertiary alicyclic amines) is 1. The van der Waals surface area contributed by atoms with Gasteiger partial charge in [0.15, 0.2) is 0 Å². The van der Waals surface area contributed by atoms with Gasteiger partial charge in [0, 0.05) is 32.5 Å². The van der Waals surface area contributed by atoms with E-state index in [2.05, 4.69) is 39.0 Å². The van der Waals surface area contributed by atoms with E-state index in [0.29, 0.717) is 6.42 Å². The quantitative estimate of drug-likeness (QED) is 0.907. The third kappa shape index (κ3) is 3.66. The SMILES string of the molecule is Cc1ccc(C(c2ccc(N(C)C)cc2)N2CCCC2C(=O)O)nc1. The van der Waals surface area contributed by atoms with Gasteiger partial charge in [-0.2, -0.15) is 0 Å². The molecular weight excluding hydrogens is 314 g/mol. The molecule has 1 N–H and O–H groups in total. The Morgan fingerprint density at radius 1 is 1.24 bits per heavy atom. The molecule has 1 aliphatic rings. The highest BCUT2D eigenvalue weighted by Gasteiger charge is 2.37. The van der Waals surface area contributed by atoms with E-state index in [9.17, 15) is 9.90 Å². The van der Waals surface area contributed by atoms with Crippen molar-refractivity contribution in [3.8, 4) is 0 Å². The molecule has 25 heavy (non-hydrogen) atoms. The zero-order valence-corrected chi connectivity index (χ0v) is 15.0. The Hall–Kier alpha value is -2.40. The summed E-state index contributed by atoms with van der Waals surface area (Å²) in [6, 6.07) is 11.8. The molecule has 2 atom stereocenters. The predicted octanol–water partition coefficient (Wildman–Crippen LogP) is 3.09. The highest BCUT2D eigenvalue weighted by Crippen LogP contribution is 2.34. The average molecular weight is 339 g/mol. The van der Waals surface area contributed by atoms with Crippen LogP contribution in [0.4, 0.5) is 5.69 Å². The van der Waals surface area contributed by atoms with Gasteiger partial charge in [-0.05, 0) is 49.1 Å². The molecule has 5 heteroatoms. The Bertz CT molecular complexity index is 726. The van der Waals surface area contributed by atoms with Crippen LogP contribution in [0.15, 0.2) is 42.6 Å². The second kappa shape index (κ2) is 7.23. The summed E-state index contributed by atoms with van der Waals surface area (Å²) < 4.78 is 0. The number of carbonyl (C=O) groups is 1. The molecular formula is C20H25N3O2. The van der Waals surface area contributed by atoms with E-state index in [1.54, 1.807) is 0 Å². The first-order valence-corrected chi connectivity index (χ1v) is 8.66. The maximum atomic E-state index is 11.7. The molecule has 2 heterocycles. The number of rotatable bonds is 5. The van der Waals surface area contributed by atoms with Crippen LogP contribution in [0, 0.1) is 6.92 Å². The van der Waals surface area contributed by atoms with Crippen LogP contribution in [0.25, 0.3) is 0 Å². The summed E-state index contributed by atoms with van der Waals surface area (Å²) in [7, 11) is 4.02. The molecule has 0 saturated carbocycles. The van der Waals surface area contributed by atoms with Crippen molar-refractivity contribution in [2.24, 2.45) is 0 Å². The average Bonchev–Trinajstić information content (AvgIpc) is 3.07. The van der Waals surface area contributed by atoms with Crippen molar-refractivity contribution in [3.63, 3.8) is 0 Å². The number of carboxylic acids is 1. The van der Waals surface area contributed by atoms with E-state index in [1.165, 1.54) is 0 Å². The lowest BCUT2D eigenvalue weighted by atomic mass is 9.99. The predicted molar refractivity (Wildman–Crippen MR) is 98.9 cm³/mol. The number of nitrogens with zero attached hydrogens (tertiary/aromatic N) is 3. The van der Waals surface area contributed by atoms with Crippen molar-refractivity contribution in [1.29, 1.82) is 0 Å². The third-order valence-electron chi connectivity index (χ3n) is 4.85. The number of pyridine rings is 1. The molecule has 0 radical (unpaired) electrons. The van der Waals surface area contributed by atoms with Gasteiger partial charge in [0.05, 0.1) is 11.7 Å². The van der Waals surface area contributed by atoms with Gasteiger partial charge >= 0.3 is 5.97 Å². The van der Waals surface area contributed by atoms with Gasteiger partial charge < -0.3 is 10.0 Å². The van der Waals surface area contributed by atoms with Gasteiger partial charge in [0.2, 0.25) is 0 Å². The first kappa shape index (κ1) is 17.4. The molecule has 1 aromatic heterocycles. The van der Waals surface area contributed by atoms with E-state index in [4.69, 9.17) is 0 Å². The fraction of sp³-hybridized carbons (Fsp3) is 0.400. The van der Waals surface area contributed by atoms with Crippen LogP contribution in [-0.4, -0.2) is 47.6 Å². The van der Waals surface area contributed by atoms with Crippen LogP contribution in [0.5, 0.6) is 0 Å². The van der Waals surface area contributed by atoms with Crippen LogP contribution in [0.3, 0.4) is 0 Å². The van der Waals surface area contributed by atoms with Crippen molar-refractivity contribution in [3.05, 3.63) is 59.4 Å². The van der Waals surface area contributed by atoms with E-state index in [-0.39, 0.29) is 6.04 Å². The van der Waals surface area contributed by atoms with Crippen molar-refractivity contribution >= 4 is 11.7 Å². The van der Waals surface area contributed by atoms with E-state index in [1.807, 2.05) is 39.3 Å². The third-order valence-corrected chi connectivity index (χ3v) is 4.85. The summed E-state index contributed by atoms with van der Waals surface area (Å²) in [6.07, 6.45) is 3.44. The topological polar surface area (TPSA) is 56.7 Å². The molecule has 1 aromatic carbocycles. The highest BCUT2D eigenvalue weighted by molar-refractivity contribution is 5.74. The fourth-order valence-corrected chi connectivity index (χ4v) is 3.49. The minimum absolute atomic E-state index is 0.139. The Morgan fingerprint density at radius 3 is 2.52 bits per heavy atom. The zero-order valence-electron chi connectivity index (χ0n) is 15.0. The largest absolute Gasteiger partial charge is 0.480 e. The molecule has 3 rings (SSSR count). The van der Waals surface area contributed by atoms with Crippen LogP contribution in [0.2, 0.25) is 0 Å². The molecule has 132 valence electrons. The fourth-order valence-electron chi connectivity index (χ4n) is 3.49. The van der Waals surface area contributed by atoms with Gasteiger partial charge in [-0.3, -0.25) is 14.7 Å². The minimum atomic E-state index is -0.750. The number of aryl methyl sites for hydroxylation is 1. The lowest BCUT2D eigenvalue weighted by Crippen LogP contribution is -2.39. The maximum absolute atomic E-state index is 11.7. The number of anilines is 1. The molecule has 1 fully saturated rings. The molecule has 1 aliphatic heterocycles. The highest BCUT2D eigenvalue weighted by atomic mass is 16.4. The summed E-state index contributed by atoms with van der Waals surface area (Å²) in [6.45, 7) is 2.78. The lowest BCUT2D eigenvalue weighted by Gasteiger charge is -2.31. The van der Waals surface area contributed by atoms with Gasteiger partial charge in [0.25, 0.3) is 0 Å². The second-order valence-electron chi connectivity index (χ2n) is 6.88. The standard InChI is InChI=1S/C20H25N3O2/c1-14-6-11-17(21-13-14)19(23-12-4-5-18(23)20(24)25)15-7-9-16(10-8-15)22(2)3/h6-11,13,18-19H,4-5,12H2,1-3H3,(H,24,25). The molecule has 0 bridgehead atoms. The Balaban J connectivity index is 2.02. The van der Waals surface area contributed by atoms with Crippen LogP contribution in [-0.2, 0) is 4.79 Å². The number of hydrogen-bond acceptors (Lipinski definition) is 4. The van der Waals surface area contributed by atoms with Crippen molar-refractivity contribution in [2.75, 3.05) is 25.5 Å². The summed E-state index contributed by atoms with van der Waals surface area (Å²) >= 11 is 0. The van der Waals surface area contributed by atoms with Crippen molar-refractivity contribution < 1.29 is 9.90 Å². The smallest absolute Gasteiger partial charge is 0.320 e. The second-order valence-corrected chi connectivity index (χ2v) is 6.88. The first-order chi connectivity index (χ1) is 12.0. The zero-order chi connectivity index (χ0) is 18.0. The molecule has 0 aliphatic carbocycles. The molecule has 1 saturated heterocycles. The summed E-state index contributed by atoms with van der Waals surface area (Å²) in [4.78, 5) is 20.4. The Morgan fingerprint density at radius 2 is 1.96 bits per heavy atom. The van der Waals surface area contributed by atoms with Gasteiger partial charge in [0.1, 0.15) is 6.04 Å². The van der Waals surface area contributed by atoms with E-state index < -0.39 is 12.0 Å². The van der Waals surface area contributed by atoms with Crippen molar-refractivity contribution in [1.82, 2.24) is 9.88 Å². The molecule has 0 spiro atoms. The van der Waals surface area contributed by atoms with Crippen LogP contribution >= 0.6 is 0 Å². The number of benzene rings is 1. The molecule has 5 nitrogen and oxygen atoms in total. The van der Waals surface area contributed by atoms with Gasteiger partial charge in [-0.25, -0.2) is 0 Å². The van der Waals surface area contributed by atoms with Crippen molar-refractivity contribution in [2.45, 2.75) is 31.8 Å². The number of carboxylic acid groups (broad SMARTS) is 1. The monoisotopic (exact) mass is 339 g/mol. The normalized spacial score (nSPS) is 18.9. The van der Waals surface area contributed by atoms with E-state index >= 15 is 0 Å². The molecule has 0 amide bonds. The van der Waals surface area contributed by atoms with E-state index in [0.717, 1.165) is 35.5 Å². The summed E-state index contributed by atoms with van der Waals surface area (Å²) in [5.41, 5.74) is 4.20. The molecule has 2 unspecified atom stereocenters. The minimum Gasteiger partial charge on any atom is -0.480 e. The Kier molecular flexibility index (Phi) is 5.04. The maximum Gasteiger partial charge on any atom is 0.320 e. The van der Waals surface area contributed by atoms with Crippen LogP contribution in [0.1, 0.15) is 35.7 Å². The summed E-state index contributed by atoms with van der Waals surface area (Å²) in [5.74, 6) is -0.750. The van der Waals surface area contributed by atoms with Gasteiger partial charge in [-0.1, -0.05) is 18.2 Å². The molecule has 2 aromatic rings.